The minimum absolute atomic E-state index is 0. The number of anilines is 3. The Morgan fingerprint density at radius 1 is 0.542 bits per heavy atom. The quantitative estimate of drug-likeness (QED) is 0.0946. The van der Waals surface area contributed by atoms with E-state index in [9.17, 15) is 0 Å². The van der Waals surface area contributed by atoms with Crippen LogP contribution in [0.3, 0.4) is 0 Å². The molecule has 0 saturated carbocycles. The van der Waals surface area contributed by atoms with Gasteiger partial charge < -0.3 is 18.6 Å². The van der Waals surface area contributed by atoms with Crippen LogP contribution in [0.5, 0.6) is 11.5 Å². The number of imidazole rings is 1. The predicted molar refractivity (Wildman–Crippen MR) is 289 cm³/mol. The van der Waals surface area contributed by atoms with E-state index in [1.807, 2.05) is 12.3 Å². The van der Waals surface area contributed by atoms with E-state index in [0.29, 0.717) is 11.5 Å². The molecule has 1 aliphatic rings. The van der Waals surface area contributed by atoms with Crippen molar-refractivity contribution in [3.63, 3.8) is 0 Å². The summed E-state index contributed by atoms with van der Waals surface area (Å²) < 4.78 is 11.7. The van der Waals surface area contributed by atoms with E-state index in [-0.39, 0.29) is 25.8 Å². The smallest absolute Gasteiger partial charge is 0.503 e. The van der Waals surface area contributed by atoms with Crippen LogP contribution < -0.4 is 9.64 Å². The van der Waals surface area contributed by atoms with Crippen molar-refractivity contribution in [3.8, 4) is 17.2 Å². The number of rotatable bonds is 6. The molecule has 14 rings (SSSR count). The molecule has 13 aromatic rings. The molecule has 4 aromatic heterocycles. The molecular formula is C65H45N5OPd. The number of aromatic nitrogens is 4. The van der Waals surface area contributed by atoms with Crippen molar-refractivity contribution >= 4 is 77.4 Å². The van der Waals surface area contributed by atoms with Crippen molar-refractivity contribution in [2.75, 3.05) is 4.90 Å². The maximum absolute atomic E-state index is 7.00. The normalized spacial score (nSPS) is 13.2. The fourth-order valence-electron chi connectivity index (χ4n) is 11.5. The Kier molecular flexibility index (Phi) is 10.1. The molecule has 1 aliphatic heterocycles. The van der Waals surface area contributed by atoms with E-state index in [0.717, 1.165) is 94.5 Å². The number of para-hydroxylation sites is 5. The summed E-state index contributed by atoms with van der Waals surface area (Å²) in [5.74, 6) is 1.94. The Balaban J connectivity index is 0.00000504. The Morgan fingerprint density at radius 3 is 1.94 bits per heavy atom. The molecule has 5 heterocycles. The van der Waals surface area contributed by atoms with Crippen LogP contribution in [0.2, 0.25) is 0 Å². The van der Waals surface area contributed by atoms with Crippen LogP contribution in [-0.2, 0) is 31.3 Å². The molecule has 72 heavy (non-hydrogen) atoms. The van der Waals surface area contributed by atoms with Gasteiger partial charge >= 0.3 is 20.4 Å². The van der Waals surface area contributed by atoms with Crippen LogP contribution in [0, 0.1) is 12.1 Å². The summed E-state index contributed by atoms with van der Waals surface area (Å²) in [7, 11) is 0. The van der Waals surface area contributed by atoms with Crippen LogP contribution in [0.4, 0.5) is 17.2 Å². The summed E-state index contributed by atoms with van der Waals surface area (Å²) in [6.07, 6.45) is 1.93. The molecular weight excluding hydrogens is 973 g/mol. The first-order valence-corrected chi connectivity index (χ1v) is 24.2. The van der Waals surface area contributed by atoms with Crippen molar-refractivity contribution in [1.82, 2.24) is 18.9 Å². The molecule has 0 radical (unpaired) electrons. The van der Waals surface area contributed by atoms with Gasteiger partial charge in [-0.3, -0.25) is 4.98 Å². The molecule has 0 aliphatic carbocycles. The third kappa shape index (κ3) is 6.44. The summed E-state index contributed by atoms with van der Waals surface area (Å²) in [5.41, 5.74) is 14.1. The van der Waals surface area contributed by atoms with Gasteiger partial charge in [-0.2, -0.15) is 6.07 Å². The van der Waals surface area contributed by atoms with E-state index in [4.69, 9.17) is 14.7 Å². The summed E-state index contributed by atoms with van der Waals surface area (Å²) >= 11 is 0. The number of fused-ring (bicyclic) bond motifs is 14. The molecule has 0 amide bonds. The van der Waals surface area contributed by atoms with Gasteiger partial charge in [0.05, 0.1) is 27.7 Å². The average Bonchev–Trinajstić information content (AvgIpc) is 3.98. The fraction of sp³-hybridized carbons (Fsp3) is 0.0769. The Hall–Kier alpha value is -8.34. The molecule has 9 aromatic carbocycles. The summed E-state index contributed by atoms with van der Waals surface area (Å²) in [6, 6.07) is 83.1. The summed E-state index contributed by atoms with van der Waals surface area (Å²) in [4.78, 5) is 12.7. The Morgan fingerprint density at radius 2 is 1.18 bits per heavy atom. The number of ether oxygens (including phenoxy) is 1. The zero-order valence-electron chi connectivity index (χ0n) is 39.7. The molecule has 0 bridgehead atoms. The number of hydrogen-bond acceptors (Lipinski definition) is 4. The van der Waals surface area contributed by atoms with Gasteiger partial charge in [-0.05, 0) is 87.7 Å². The van der Waals surface area contributed by atoms with Gasteiger partial charge in [0.15, 0.2) is 0 Å². The fourth-order valence-corrected chi connectivity index (χ4v) is 11.5. The minimum Gasteiger partial charge on any atom is -0.503 e. The second-order valence-electron chi connectivity index (χ2n) is 19.6. The van der Waals surface area contributed by atoms with Crippen molar-refractivity contribution in [2.24, 2.45) is 0 Å². The van der Waals surface area contributed by atoms with E-state index in [1.165, 1.54) is 16.3 Å². The molecule has 0 saturated heterocycles. The van der Waals surface area contributed by atoms with E-state index >= 15 is 0 Å². The number of nitrogens with zero attached hydrogens (tertiary/aromatic N) is 5. The largest absolute Gasteiger partial charge is 2.00 e. The second-order valence-corrected chi connectivity index (χ2v) is 19.6. The van der Waals surface area contributed by atoms with Crippen LogP contribution in [0.1, 0.15) is 48.6 Å². The molecule has 0 N–H and O–H groups in total. The number of pyridine rings is 2. The standard InChI is InChI=1S/C65H45N5O.Pd/c1-64(2,3)44-37-38-66-60(39-44)69-56-29-17-14-26-52(56)65(42-19-7-4-8-20-42,43-21-9-5-10-22-43)53-35-32-47(41-59(53)69)71-46-31-33-48-49-34-36-58-61(50-25-13-16-28-55(50)68(58)45-23-11-6-12-24-45)62(49)70-57-30-18-15-27-54(57)67-63(70)51(48)40-46;/h4-39H,1-3H3;/q-2;+2. The first-order valence-electron chi connectivity index (χ1n) is 24.2. The Labute approximate surface area is 431 Å². The second kappa shape index (κ2) is 16.6. The zero-order valence-corrected chi connectivity index (χ0v) is 41.3. The molecule has 0 spiro atoms. The molecule has 0 fully saturated rings. The van der Waals surface area contributed by atoms with E-state index < -0.39 is 5.41 Å². The first kappa shape index (κ1) is 43.7. The van der Waals surface area contributed by atoms with Crippen molar-refractivity contribution < 1.29 is 25.2 Å². The summed E-state index contributed by atoms with van der Waals surface area (Å²) in [5, 5.41) is 5.39. The van der Waals surface area contributed by atoms with Crippen LogP contribution in [-0.4, -0.2) is 18.9 Å². The zero-order chi connectivity index (χ0) is 47.4. The van der Waals surface area contributed by atoms with Gasteiger partial charge in [-0.1, -0.05) is 177 Å². The summed E-state index contributed by atoms with van der Waals surface area (Å²) in [6.45, 7) is 6.73. The number of benzene rings is 9. The van der Waals surface area contributed by atoms with Crippen molar-refractivity contribution in [3.05, 3.63) is 258 Å². The van der Waals surface area contributed by atoms with Crippen molar-refractivity contribution in [2.45, 2.75) is 31.6 Å². The SMILES string of the molecule is CC(C)(C)c1ccnc(N2c3[c-]c(Oc4[c-]c5c(cc4)c4ccc6c(c7ccccc7n6-c6ccccc6)c4n4c6ccccc6nc54)ccc3C(c3ccccc3)(c3ccccc3)c3ccccc32)c1.[Pd+2]. The van der Waals surface area contributed by atoms with Gasteiger partial charge in [0.2, 0.25) is 0 Å². The molecule has 346 valence electrons. The maximum atomic E-state index is 7.00. The monoisotopic (exact) mass is 1020 g/mol. The molecule has 0 atom stereocenters. The van der Waals surface area contributed by atoms with Gasteiger partial charge in [0, 0.05) is 50.8 Å². The Bertz CT molecular complexity index is 4210. The maximum Gasteiger partial charge on any atom is 2.00 e. The van der Waals surface area contributed by atoms with Crippen LogP contribution in [0.25, 0.3) is 65.8 Å². The van der Waals surface area contributed by atoms with Crippen molar-refractivity contribution in [1.29, 1.82) is 0 Å². The van der Waals surface area contributed by atoms with Crippen LogP contribution >= 0.6 is 0 Å². The topological polar surface area (TPSA) is 47.6 Å². The first-order chi connectivity index (χ1) is 34.9. The van der Waals surface area contributed by atoms with Gasteiger partial charge in [-0.25, -0.2) is 4.98 Å². The average molecular weight is 1020 g/mol. The third-order valence-electron chi connectivity index (χ3n) is 14.6. The predicted octanol–water partition coefficient (Wildman–Crippen LogP) is 16.1. The van der Waals surface area contributed by atoms with E-state index in [2.05, 4.69) is 253 Å². The molecule has 6 nitrogen and oxygen atoms in total. The van der Waals surface area contributed by atoms with Gasteiger partial charge in [0.1, 0.15) is 5.82 Å². The third-order valence-corrected chi connectivity index (χ3v) is 14.6. The molecule has 7 heteroatoms. The van der Waals surface area contributed by atoms with Gasteiger partial charge in [-0.15, -0.1) is 29.8 Å². The van der Waals surface area contributed by atoms with Gasteiger partial charge in [0.25, 0.3) is 0 Å². The van der Waals surface area contributed by atoms with Crippen LogP contribution in [0.15, 0.2) is 219 Å². The number of hydrogen-bond donors (Lipinski definition) is 0. The molecule has 0 unspecified atom stereocenters. The van der Waals surface area contributed by atoms with E-state index in [1.54, 1.807) is 0 Å². The minimum atomic E-state index is -0.690.